The number of amides is 2. The third-order valence-corrected chi connectivity index (χ3v) is 6.24. The lowest BCUT2D eigenvalue weighted by atomic mass is 10.1. The Kier molecular flexibility index (Phi) is 8.32. The van der Waals surface area contributed by atoms with E-state index in [0.29, 0.717) is 24.4 Å². The Hall–Kier alpha value is -2.33. The molecule has 1 aliphatic carbocycles. The van der Waals surface area contributed by atoms with E-state index in [9.17, 15) is 9.59 Å². The fraction of sp³-hybridized carbons (Fsp3) is 0.440. The number of halogens is 1. The molecule has 4 nitrogen and oxygen atoms in total. The first-order valence-electron chi connectivity index (χ1n) is 11.0. The van der Waals surface area contributed by atoms with E-state index in [1.807, 2.05) is 43.3 Å². The van der Waals surface area contributed by atoms with Crippen molar-refractivity contribution in [1.29, 1.82) is 0 Å². The van der Waals surface area contributed by atoms with Gasteiger partial charge in [0.25, 0.3) is 0 Å². The van der Waals surface area contributed by atoms with Crippen LogP contribution >= 0.6 is 11.6 Å². The maximum atomic E-state index is 13.3. The van der Waals surface area contributed by atoms with Gasteiger partial charge in [-0.25, -0.2) is 0 Å². The average molecular weight is 427 g/mol. The van der Waals surface area contributed by atoms with Gasteiger partial charge in [-0.2, -0.15) is 0 Å². The predicted octanol–water partition coefficient (Wildman–Crippen LogP) is 4.79. The van der Waals surface area contributed by atoms with Gasteiger partial charge in [0.1, 0.15) is 6.04 Å². The number of carbonyl (C=O) groups excluding carboxylic acids is 2. The Balaban J connectivity index is 1.76. The fourth-order valence-corrected chi connectivity index (χ4v) is 4.37. The summed E-state index contributed by atoms with van der Waals surface area (Å²) in [6.07, 6.45) is 5.86. The molecule has 1 aliphatic rings. The van der Waals surface area contributed by atoms with Gasteiger partial charge in [0.15, 0.2) is 0 Å². The van der Waals surface area contributed by atoms with Crippen molar-refractivity contribution in [2.45, 2.75) is 64.0 Å². The minimum Gasteiger partial charge on any atom is -0.352 e. The summed E-state index contributed by atoms with van der Waals surface area (Å²) in [6, 6.07) is 17.2. The third kappa shape index (κ3) is 6.09. The molecule has 3 rings (SSSR count). The molecule has 0 radical (unpaired) electrons. The van der Waals surface area contributed by atoms with Gasteiger partial charge in [-0.15, -0.1) is 0 Å². The van der Waals surface area contributed by atoms with Crippen LogP contribution in [0, 0.1) is 0 Å². The molecule has 2 amide bonds. The summed E-state index contributed by atoms with van der Waals surface area (Å²) in [4.78, 5) is 28.1. The molecule has 30 heavy (non-hydrogen) atoms. The highest BCUT2D eigenvalue weighted by atomic mass is 35.5. The Bertz CT molecular complexity index is 834. The van der Waals surface area contributed by atoms with Gasteiger partial charge in [-0.1, -0.05) is 79.9 Å². The van der Waals surface area contributed by atoms with E-state index in [2.05, 4.69) is 17.4 Å². The monoisotopic (exact) mass is 426 g/mol. The van der Waals surface area contributed by atoms with E-state index in [4.69, 9.17) is 11.6 Å². The maximum Gasteiger partial charge on any atom is 0.243 e. The van der Waals surface area contributed by atoms with E-state index >= 15 is 0 Å². The molecule has 0 bridgehead atoms. The van der Waals surface area contributed by atoms with Crippen LogP contribution in [-0.4, -0.2) is 35.3 Å². The second-order valence-corrected chi connectivity index (χ2v) is 8.41. The van der Waals surface area contributed by atoms with Crippen LogP contribution in [0.15, 0.2) is 54.6 Å². The molecule has 0 unspecified atom stereocenters. The van der Waals surface area contributed by atoms with Crippen LogP contribution in [0.1, 0.15) is 50.2 Å². The molecule has 1 N–H and O–H groups in total. The zero-order chi connectivity index (χ0) is 21.3. The van der Waals surface area contributed by atoms with E-state index in [1.165, 1.54) is 0 Å². The summed E-state index contributed by atoms with van der Waals surface area (Å²) < 4.78 is 0. The minimum absolute atomic E-state index is 0.0371. The molecule has 0 spiro atoms. The second-order valence-electron chi connectivity index (χ2n) is 8.00. The lowest BCUT2D eigenvalue weighted by Gasteiger charge is -2.31. The lowest BCUT2D eigenvalue weighted by Crippen LogP contribution is -2.52. The molecule has 5 heteroatoms. The Morgan fingerprint density at radius 1 is 1.07 bits per heavy atom. The standard InChI is InChI=1S/C25H31ClN2O2/c1-2-23(25(30)27-21-13-7-8-14-21)28(17-16-19-10-4-3-5-11-19)24(29)18-20-12-6-9-15-22(20)26/h3-6,9-12,15,21,23H,2,7-8,13-14,16-18H2,1H3,(H,27,30)/t23-/m1/s1. The number of benzene rings is 2. The first-order valence-corrected chi connectivity index (χ1v) is 11.3. The quantitative estimate of drug-likeness (QED) is 0.626. The summed E-state index contributed by atoms with van der Waals surface area (Å²) >= 11 is 6.29. The molecule has 2 aromatic carbocycles. The van der Waals surface area contributed by atoms with Gasteiger partial charge in [-0.05, 0) is 42.9 Å². The van der Waals surface area contributed by atoms with Crippen molar-refractivity contribution in [3.63, 3.8) is 0 Å². The second kappa shape index (κ2) is 11.2. The van der Waals surface area contributed by atoms with Gasteiger partial charge in [0.05, 0.1) is 6.42 Å². The van der Waals surface area contributed by atoms with Crippen LogP contribution in [-0.2, 0) is 22.4 Å². The summed E-state index contributed by atoms with van der Waals surface area (Å²) in [5, 5.41) is 3.76. The largest absolute Gasteiger partial charge is 0.352 e. The van der Waals surface area contributed by atoms with Crippen LogP contribution in [0.2, 0.25) is 5.02 Å². The molecule has 1 atom stereocenters. The first kappa shape index (κ1) is 22.4. The van der Waals surface area contributed by atoms with Crippen molar-refractivity contribution >= 4 is 23.4 Å². The molecule has 1 saturated carbocycles. The summed E-state index contributed by atoms with van der Waals surface area (Å²) in [7, 11) is 0. The van der Waals surface area contributed by atoms with E-state index in [0.717, 1.165) is 36.8 Å². The van der Waals surface area contributed by atoms with Crippen molar-refractivity contribution in [1.82, 2.24) is 10.2 Å². The van der Waals surface area contributed by atoms with Gasteiger partial charge >= 0.3 is 0 Å². The maximum absolute atomic E-state index is 13.3. The number of rotatable bonds is 9. The third-order valence-electron chi connectivity index (χ3n) is 5.87. The number of nitrogens with one attached hydrogen (secondary N) is 1. The molecular weight excluding hydrogens is 396 g/mol. The number of hydrogen-bond donors (Lipinski definition) is 1. The molecule has 2 aromatic rings. The normalized spacial score (nSPS) is 15.0. The highest BCUT2D eigenvalue weighted by Crippen LogP contribution is 2.20. The van der Waals surface area contributed by atoms with E-state index in [1.54, 1.807) is 11.0 Å². The van der Waals surface area contributed by atoms with Gasteiger partial charge in [0.2, 0.25) is 11.8 Å². The topological polar surface area (TPSA) is 49.4 Å². The average Bonchev–Trinajstić information content (AvgIpc) is 3.26. The summed E-state index contributed by atoms with van der Waals surface area (Å²) in [5.74, 6) is -0.0996. The molecule has 0 heterocycles. The molecule has 0 saturated heterocycles. The zero-order valence-corrected chi connectivity index (χ0v) is 18.4. The first-order chi connectivity index (χ1) is 14.6. The summed E-state index contributed by atoms with van der Waals surface area (Å²) in [5.41, 5.74) is 1.94. The van der Waals surface area contributed by atoms with Crippen molar-refractivity contribution in [2.75, 3.05) is 6.54 Å². The summed E-state index contributed by atoms with van der Waals surface area (Å²) in [6.45, 7) is 2.47. The number of carbonyl (C=O) groups is 2. The Labute approximate surface area is 184 Å². The number of hydrogen-bond acceptors (Lipinski definition) is 2. The van der Waals surface area contributed by atoms with Crippen molar-refractivity contribution in [3.8, 4) is 0 Å². The van der Waals surface area contributed by atoms with E-state index < -0.39 is 6.04 Å². The zero-order valence-electron chi connectivity index (χ0n) is 17.6. The molecule has 0 aromatic heterocycles. The molecule has 0 aliphatic heterocycles. The predicted molar refractivity (Wildman–Crippen MR) is 121 cm³/mol. The highest BCUT2D eigenvalue weighted by Gasteiger charge is 2.30. The van der Waals surface area contributed by atoms with Gasteiger partial charge < -0.3 is 10.2 Å². The van der Waals surface area contributed by atoms with Gasteiger partial charge in [0, 0.05) is 17.6 Å². The fourth-order valence-electron chi connectivity index (χ4n) is 4.17. The minimum atomic E-state index is -0.468. The highest BCUT2D eigenvalue weighted by molar-refractivity contribution is 6.31. The number of nitrogens with zero attached hydrogens (tertiary/aromatic N) is 1. The Morgan fingerprint density at radius 2 is 1.73 bits per heavy atom. The van der Waals surface area contributed by atoms with Crippen molar-refractivity contribution < 1.29 is 9.59 Å². The van der Waals surface area contributed by atoms with Crippen LogP contribution in [0.25, 0.3) is 0 Å². The Morgan fingerprint density at radius 3 is 2.40 bits per heavy atom. The molecule has 160 valence electrons. The molecular formula is C25H31ClN2O2. The van der Waals surface area contributed by atoms with Crippen LogP contribution in [0.5, 0.6) is 0 Å². The van der Waals surface area contributed by atoms with Crippen molar-refractivity contribution in [3.05, 3.63) is 70.7 Å². The molecule has 1 fully saturated rings. The van der Waals surface area contributed by atoms with Crippen molar-refractivity contribution in [2.24, 2.45) is 0 Å². The van der Waals surface area contributed by atoms with Crippen LogP contribution in [0.4, 0.5) is 0 Å². The smallest absolute Gasteiger partial charge is 0.243 e. The van der Waals surface area contributed by atoms with Gasteiger partial charge in [-0.3, -0.25) is 9.59 Å². The van der Waals surface area contributed by atoms with E-state index in [-0.39, 0.29) is 24.3 Å². The van der Waals surface area contributed by atoms with Crippen LogP contribution in [0.3, 0.4) is 0 Å². The lowest BCUT2D eigenvalue weighted by molar-refractivity contribution is -0.140. The van der Waals surface area contributed by atoms with Crippen LogP contribution < -0.4 is 5.32 Å². The SMILES string of the molecule is CC[C@H](C(=O)NC1CCCC1)N(CCc1ccccc1)C(=O)Cc1ccccc1Cl.